The molecule has 19 heavy (non-hydrogen) atoms. The molecule has 0 atom stereocenters. The van der Waals surface area contributed by atoms with Crippen LogP contribution < -0.4 is 0 Å². The van der Waals surface area contributed by atoms with Gasteiger partial charge in [0, 0.05) is 40.0 Å². The Morgan fingerprint density at radius 3 is 2.42 bits per heavy atom. The second-order valence-corrected chi connectivity index (χ2v) is 6.02. The van der Waals surface area contributed by atoms with E-state index in [0.717, 1.165) is 45.0 Å². The van der Waals surface area contributed by atoms with Crippen LogP contribution in [0.3, 0.4) is 0 Å². The Hall–Kier alpha value is -0.160. The maximum atomic E-state index is 5.73. The molecule has 2 aliphatic rings. The normalized spacial score (nSPS) is 28.1. The first kappa shape index (κ1) is 15.2. The maximum absolute atomic E-state index is 5.73. The lowest BCUT2D eigenvalue weighted by molar-refractivity contribution is -0.0895. The molecule has 0 amide bonds. The zero-order valence-electron chi connectivity index (χ0n) is 12.5. The van der Waals surface area contributed by atoms with Crippen LogP contribution in [0.1, 0.15) is 32.1 Å². The molecular formula is C15H29NO3. The van der Waals surface area contributed by atoms with Crippen molar-refractivity contribution in [3.05, 3.63) is 0 Å². The first-order valence-electron chi connectivity index (χ1n) is 7.68. The van der Waals surface area contributed by atoms with Crippen LogP contribution in [-0.4, -0.2) is 64.2 Å². The zero-order chi connectivity index (χ0) is 13.5. The van der Waals surface area contributed by atoms with Crippen molar-refractivity contribution in [2.24, 2.45) is 5.92 Å². The van der Waals surface area contributed by atoms with Crippen LogP contribution in [-0.2, 0) is 14.2 Å². The molecule has 0 bridgehead atoms. The van der Waals surface area contributed by atoms with Crippen LogP contribution in [0.4, 0.5) is 0 Å². The molecule has 1 aliphatic heterocycles. The first-order valence-corrected chi connectivity index (χ1v) is 7.68. The number of methoxy groups -OCH3 is 1. The third kappa shape index (κ3) is 5.38. The van der Waals surface area contributed by atoms with Gasteiger partial charge in [0.05, 0.1) is 12.2 Å². The van der Waals surface area contributed by atoms with Crippen LogP contribution in [0.5, 0.6) is 0 Å². The summed E-state index contributed by atoms with van der Waals surface area (Å²) in [5, 5.41) is 0. The average Bonchev–Trinajstić information content (AvgIpc) is 2.32. The van der Waals surface area contributed by atoms with E-state index in [1.165, 1.54) is 25.9 Å². The summed E-state index contributed by atoms with van der Waals surface area (Å²) in [4.78, 5) is 2.37. The van der Waals surface area contributed by atoms with Gasteiger partial charge in [0.15, 0.2) is 0 Å². The minimum Gasteiger partial charge on any atom is -0.381 e. The highest BCUT2D eigenvalue weighted by Gasteiger charge is 2.29. The van der Waals surface area contributed by atoms with E-state index in [-0.39, 0.29) is 0 Å². The molecule has 0 unspecified atom stereocenters. The molecule has 1 heterocycles. The quantitative estimate of drug-likeness (QED) is 0.568. The van der Waals surface area contributed by atoms with Gasteiger partial charge in [-0.25, -0.2) is 0 Å². The van der Waals surface area contributed by atoms with Gasteiger partial charge in [0.25, 0.3) is 0 Å². The number of hydrogen-bond donors (Lipinski definition) is 0. The molecular weight excluding hydrogens is 242 g/mol. The van der Waals surface area contributed by atoms with E-state index in [1.54, 1.807) is 7.11 Å². The van der Waals surface area contributed by atoms with Crippen LogP contribution >= 0.6 is 0 Å². The van der Waals surface area contributed by atoms with E-state index in [1.807, 2.05) is 0 Å². The van der Waals surface area contributed by atoms with Crippen molar-refractivity contribution in [1.82, 2.24) is 4.90 Å². The molecule has 0 N–H and O–H groups in total. The monoisotopic (exact) mass is 271 g/mol. The van der Waals surface area contributed by atoms with Gasteiger partial charge in [-0.1, -0.05) is 0 Å². The molecule has 1 saturated heterocycles. The Labute approximate surface area is 117 Å². The summed E-state index contributed by atoms with van der Waals surface area (Å²) in [5.41, 5.74) is 0. The van der Waals surface area contributed by atoms with Crippen LogP contribution in [0.2, 0.25) is 0 Å². The van der Waals surface area contributed by atoms with Gasteiger partial charge in [-0.05, 0) is 45.1 Å². The van der Waals surface area contributed by atoms with Gasteiger partial charge in [0.1, 0.15) is 0 Å². The lowest BCUT2D eigenvalue weighted by Crippen LogP contribution is -2.43. The summed E-state index contributed by atoms with van der Waals surface area (Å²) in [6.45, 7) is 5.13. The van der Waals surface area contributed by atoms with Crippen LogP contribution in [0.15, 0.2) is 0 Å². The Morgan fingerprint density at radius 2 is 1.74 bits per heavy atom. The zero-order valence-corrected chi connectivity index (χ0v) is 12.5. The van der Waals surface area contributed by atoms with Crippen molar-refractivity contribution in [2.75, 3.05) is 47.1 Å². The van der Waals surface area contributed by atoms with Gasteiger partial charge >= 0.3 is 0 Å². The average molecular weight is 271 g/mol. The molecule has 112 valence electrons. The molecule has 0 aromatic heterocycles. The molecule has 4 heteroatoms. The van der Waals surface area contributed by atoms with Gasteiger partial charge in [0.2, 0.25) is 0 Å². The van der Waals surface area contributed by atoms with Gasteiger partial charge in [-0.2, -0.15) is 0 Å². The van der Waals surface area contributed by atoms with E-state index in [9.17, 15) is 0 Å². The topological polar surface area (TPSA) is 30.9 Å². The highest BCUT2D eigenvalue weighted by atomic mass is 16.5. The van der Waals surface area contributed by atoms with Crippen molar-refractivity contribution in [2.45, 2.75) is 44.3 Å². The lowest BCUT2D eigenvalue weighted by Gasteiger charge is -2.36. The highest BCUT2D eigenvalue weighted by molar-refractivity contribution is 4.80. The summed E-state index contributed by atoms with van der Waals surface area (Å²) in [7, 11) is 3.96. The van der Waals surface area contributed by atoms with E-state index in [4.69, 9.17) is 14.2 Å². The lowest BCUT2D eigenvalue weighted by atomic mass is 9.92. The summed E-state index contributed by atoms with van der Waals surface area (Å²) >= 11 is 0. The Bertz CT molecular complexity index is 238. The first-order chi connectivity index (χ1) is 9.28. The smallest absolute Gasteiger partial charge is 0.0624 e. The van der Waals surface area contributed by atoms with Crippen molar-refractivity contribution >= 4 is 0 Å². The Morgan fingerprint density at radius 1 is 1.00 bits per heavy atom. The minimum absolute atomic E-state index is 0.431. The van der Waals surface area contributed by atoms with E-state index in [2.05, 4.69) is 11.9 Å². The molecule has 4 nitrogen and oxygen atoms in total. The third-order valence-electron chi connectivity index (χ3n) is 4.21. The summed E-state index contributed by atoms with van der Waals surface area (Å²) in [6, 6.07) is 0. The largest absolute Gasteiger partial charge is 0.381 e. The molecule has 0 aromatic rings. The van der Waals surface area contributed by atoms with Gasteiger partial charge in [-0.3, -0.25) is 0 Å². The maximum Gasteiger partial charge on any atom is 0.0624 e. The summed E-state index contributed by atoms with van der Waals surface area (Å²) in [6.07, 6.45) is 6.53. The predicted octanol–water partition coefficient (Wildman–Crippen LogP) is 1.93. The number of likely N-dealkylation sites (tertiary alicyclic amines) is 1. The van der Waals surface area contributed by atoms with Crippen molar-refractivity contribution < 1.29 is 14.2 Å². The van der Waals surface area contributed by atoms with Crippen molar-refractivity contribution in [3.63, 3.8) is 0 Å². The fourth-order valence-corrected chi connectivity index (χ4v) is 2.84. The third-order valence-corrected chi connectivity index (χ3v) is 4.21. The van der Waals surface area contributed by atoms with E-state index < -0.39 is 0 Å². The molecule has 2 fully saturated rings. The molecule has 2 rings (SSSR count). The predicted molar refractivity (Wildman–Crippen MR) is 75.4 cm³/mol. The molecule has 0 radical (unpaired) electrons. The molecule has 0 spiro atoms. The Kier molecular flexibility index (Phi) is 6.57. The van der Waals surface area contributed by atoms with Gasteiger partial charge in [-0.15, -0.1) is 0 Å². The fraction of sp³-hybridized carbons (Fsp3) is 1.00. The number of ether oxygens (including phenoxy) is 3. The number of nitrogens with zero attached hydrogens (tertiary/aromatic N) is 1. The van der Waals surface area contributed by atoms with Crippen molar-refractivity contribution in [3.8, 4) is 0 Å². The number of hydrogen-bond acceptors (Lipinski definition) is 4. The summed E-state index contributed by atoms with van der Waals surface area (Å²) < 4.78 is 16.6. The van der Waals surface area contributed by atoms with E-state index >= 15 is 0 Å². The number of rotatable bonds is 10. The highest BCUT2D eigenvalue weighted by Crippen LogP contribution is 2.25. The second kappa shape index (κ2) is 8.20. The SMILES string of the molecule is COC1CC(OCCCOCCCC2CN(C)C2)C1. The van der Waals surface area contributed by atoms with Crippen molar-refractivity contribution in [1.29, 1.82) is 0 Å². The van der Waals surface area contributed by atoms with Crippen LogP contribution in [0, 0.1) is 5.92 Å². The standard InChI is InChI=1S/C15H29NO3/c1-16-11-13(12-16)5-3-6-18-7-4-8-19-15-9-14(10-15)17-2/h13-15H,3-12H2,1-2H3. The summed E-state index contributed by atoms with van der Waals surface area (Å²) in [5.74, 6) is 0.921. The molecule has 0 aromatic carbocycles. The minimum atomic E-state index is 0.431. The van der Waals surface area contributed by atoms with E-state index in [0.29, 0.717) is 12.2 Å². The van der Waals surface area contributed by atoms with Gasteiger partial charge < -0.3 is 19.1 Å². The molecule has 1 saturated carbocycles. The second-order valence-electron chi connectivity index (χ2n) is 6.02. The molecule has 1 aliphatic carbocycles. The Balaban J connectivity index is 1.28. The fourth-order valence-electron chi connectivity index (χ4n) is 2.84. The van der Waals surface area contributed by atoms with Crippen LogP contribution in [0.25, 0.3) is 0 Å².